The molecule has 1 aliphatic rings. The SMILES string of the molecule is C1=CC(c2ccccc2)CC=C1c1nc(-c2ccc3ccccc3c2)nc(-c2ccc(-c3ccc4sc5c6ccccc6ccc5c4c3)c3oc4ccccc4c23)n1. The van der Waals surface area contributed by atoms with Gasteiger partial charge in [0.2, 0.25) is 0 Å². The average molecular weight is 760 g/mol. The molecule has 3 aromatic heterocycles. The third kappa shape index (κ3) is 5.39. The highest BCUT2D eigenvalue weighted by molar-refractivity contribution is 7.26. The maximum Gasteiger partial charge on any atom is 0.164 e. The molecule has 5 heteroatoms. The molecule has 0 saturated heterocycles. The number of fused-ring (bicyclic) bond motifs is 9. The fourth-order valence-corrected chi connectivity index (χ4v) is 9.95. The monoisotopic (exact) mass is 759 g/mol. The molecule has 0 fully saturated rings. The first-order valence-electron chi connectivity index (χ1n) is 19.7. The molecule has 0 aliphatic heterocycles. The van der Waals surface area contributed by atoms with Gasteiger partial charge in [-0.25, -0.2) is 15.0 Å². The molecule has 3 heterocycles. The Kier molecular flexibility index (Phi) is 7.50. The van der Waals surface area contributed by atoms with E-state index in [-0.39, 0.29) is 0 Å². The number of allylic oxidation sites excluding steroid dienone is 4. The van der Waals surface area contributed by atoms with Crippen molar-refractivity contribution in [3.63, 3.8) is 0 Å². The van der Waals surface area contributed by atoms with Crippen LogP contribution in [0, 0.1) is 0 Å². The number of hydrogen-bond donors (Lipinski definition) is 0. The van der Waals surface area contributed by atoms with E-state index in [4.69, 9.17) is 19.4 Å². The predicted molar refractivity (Wildman–Crippen MR) is 242 cm³/mol. The number of rotatable bonds is 5. The molecule has 11 aromatic rings. The summed E-state index contributed by atoms with van der Waals surface area (Å²) in [5.41, 5.74) is 7.93. The number of hydrogen-bond acceptors (Lipinski definition) is 5. The zero-order chi connectivity index (χ0) is 38.2. The Balaban J connectivity index is 1.04. The third-order valence-corrected chi connectivity index (χ3v) is 12.9. The maximum absolute atomic E-state index is 6.81. The Labute approximate surface area is 338 Å². The first kappa shape index (κ1) is 33.0. The van der Waals surface area contributed by atoms with Gasteiger partial charge in [-0.1, -0.05) is 146 Å². The van der Waals surface area contributed by atoms with E-state index >= 15 is 0 Å². The molecule has 58 heavy (non-hydrogen) atoms. The van der Waals surface area contributed by atoms with Crippen molar-refractivity contribution >= 4 is 80.6 Å². The van der Waals surface area contributed by atoms with Gasteiger partial charge in [0.15, 0.2) is 17.5 Å². The van der Waals surface area contributed by atoms with E-state index in [9.17, 15) is 0 Å². The van der Waals surface area contributed by atoms with E-state index < -0.39 is 0 Å². The van der Waals surface area contributed by atoms with Crippen LogP contribution < -0.4 is 0 Å². The van der Waals surface area contributed by atoms with Gasteiger partial charge in [0.25, 0.3) is 0 Å². The van der Waals surface area contributed by atoms with Crippen LogP contribution in [0.15, 0.2) is 186 Å². The summed E-state index contributed by atoms with van der Waals surface area (Å²) in [7, 11) is 0. The summed E-state index contributed by atoms with van der Waals surface area (Å²) in [6.45, 7) is 0. The van der Waals surface area contributed by atoms with Gasteiger partial charge in [-0.15, -0.1) is 11.3 Å². The molecule has 0 N–H and O–H groups in total. The lowest BCUT2D eigenvalue weighted by molar-refractivity contribution is 0.670. The summed E-state index contributed by atoms with van der Waals surface area (Å²) in [6, 6.07) is 58.1. The van der Waals surface area contributed by atoms with Crippen molar-refractivity contribution in [2.24, 2.45) is 0 Å². The Bertz CT molecular complexity index is 3500. The minimum absolute atomic E-state index is 0.307. The Hall–Kier alpha value is -7.21. The molecule has 12 rings (SSSR count). The minimum Gasteiger partial charge on any atom is -0.455 e. The van der Waals surface area contributed by atoms with Crippen molar-refractivity contribution in [1.82, 2.24) is 15.0 Å². The molecule has 0 spiro atoms. The van der Waals surface area contributed by atoms with Crippen LogP contribution in [0.5, 0.6) is 0 Å². The van der Waals surface area contributed by atoms with Crippen molar-refractivity contribution in [1.29, 1.82) is 0 Å². The lowest BCUT2D eigenvalue weighted by Gasteiger charge is -2.17. The first-order chi connectivity index (χ1) is 28.7. The van der Waals surface area contributed by atoms with Crippen molar-refractivity contribution in [2.45, 2.75) is 12.3 Å². The Morgan fingerprint density at radius 3 is 2.12 bits per heavy atom. The smallest absolute Gasteiger partial charge is 0.164 e. The summed E-state index contributed by atoms with van der Waals surface area (Å²) < 4.78 is 9.40. The summed E-state index contributed by atoms with van der Waals surface area (Å²) in [5.74, 6) is 2.21. The van der Waals surface area contributed by atoms with Gasteiger partial charge < -0.3 is 4.42 Å². The molecule has 0 saturated carbocycles. The van der Waals surface area contributed by atoms with Crippen molar-refractivity contribution in [3.8, 4) is 33.9 Å². The molecule has 272 valence electrons. The summed E-state index contributed by atoms with van der Waals surface area (Å²) in [6.07, 6.45) is 7.58. The van der Waals surface area contributed by atoms with Crippen LogP contribution in [-0.2, 0) is 0 Å². The summed E-state index contributed by atoms with van der Waals surface area (Å²) >= 11 is 1.86. The van der Waals surface area contributed by atoms with Gasteiger partial charge in [-0.2, -0.15) is 0 Å². The van der Waals surface area contributed by atoms with Crippen LogP contribution in [0.3, 0.4) is 0 Å². The molecular weight excluding hydrogens is 727 g/mol. The maximum atomic E-state index is 6.81. The average Bonchev–Trinajstić information content (AvgIpc) is 3.88. The number of benzene rings is 8. The van der Waals surface area contributed by atoms with E-state index in [0.29, 0.717) is 23.4 Å². The fourth-order valence-electron chi connectivity index (χ4n) is 8.73. The van der Waals surface area contributed by atoms with Crippen molar-refractivity contribution in [3.05, 3.63) is 193 Å². The van der Waals surface area contributed by atoms with Gasteiger partial charge >= 0.3 is 0 Å². The number of nitrogens with zero attached hydrogens (tertiary/aromatic N) is 3. The van der Waals surface area contributed by atoms with Gasteiger partial charge in [-0.05, 0) is 75.5 Å². The molecule has 1 aliphatic carbocycles. The van der Waals surface area contributed by atoms with Gasteiger partial charge in [0.1, 0.15) is 11.2 Å². The number of aromatic nitrogens is 3. The van der Waals surface area contributed by atoms with E-state index in [1.165, 1.54) is 41.9 Å². The molecule has 8 aromatic carbocycles. The van der Waals surface area contributed by atoms with E-state index in [2.05, 4.69) is 170 Å². The Morgan fingerprint density at radius 1 is 0.517 bits per heavy atom. The van der Waals surface area contributed by atoms with E-state index in [1.807, 2.05) is 23.5 Å². The molecule has 0 amide bonds. The fraction of sp³-hybridized carbons (Fsp3) is 0.0377. The highest BCUT2D eigenvalue weighted by Gasteiger charge is 2.22. The second-order valence-corrected chi connectivity index (χ2v) is 16.1. The minimum atomic E-state index is 0.307. The number of furan rings is 1. The summed E-state index contributed by atoms with van der Waals surface area (Å²) in [4.78, 5) is 15.7. The molecule has 1 unspecified atom stereocenters. The van der Waals surface area contributed by atoms with Crippen LogP contribution in [0.2, 0.25) is 0 Å². The van der Waals surface area contributed by atoms with E-state index in [1.54, 1.807) is 0 Å². The summed E-state index contributed by atoms with van der Waals surface area (Å²) in [5, 5.41) is 9.42. The quantitative estimate of drug-likeness (QED) is 0.175. The lowest BCUT2D eigenvalue weighted by Crippen LogP contribution is -2.05. The van der Waals surface area contributed by atoms with Crippen LogP contribution in [0.4, 0.5) is 0 Å². The third-order valence-electron chi connectivity index (χ3n) is 11.7. The number of para-hydroxylation sites is 1. The topological polar surface area (TPSA) is 51.8 Å². The first-order valence-corrected chi connectivity index (χ1v) is 20.5. The Morgan fingerprint density at radius 2 is 1.24 bits per heavy atom. The van der Waals surface area contributed by atoms with Gasteiger partial charge in [0, 0.05) is 59.1 Å². The molecule has 0 radical (unpaired) electrons. The standard InChI is InChI=1S/C53H33N3OS/c1-2-10-32(11-3-1)34-18-21-36(22-19-34)51-54-52(39-23-20-33-12-4-5-14-37(33)30-39)56-53(55-51)44-28-27-40(49-48(44)43-16-8-9-17-46(43)57-49)38-25-29-47-45(31-38)42-26-24-35-13-6-7-15-41(35)50(42)58-47/h1-18,20-31,34H,19H2. The van der Waals surface area contributed by atoms with Crippen LogP contribution >= 0.6 is 11.3 Å². The van der Waals surface area contributed by atoms with Crippen molar-refractivity contribution < 1.29 is 4.42 Å². The lowest BCUT2D eigenvalue weighted by atomic mass is 9.90. The molecular formula is C53H33N3OS. The van der Waals surface area contributed by atoms with Crippen LogP contribution in [0.25, 0.3) is 103 Å². The zero-order valence-electron chi connectivity index (χ0n) is 31.3. The molecule has 4 nitrogen and oxygen atoms in total. The van der Waals surface area contributed by atoms with Crippen LogP contribution in [0.1, 0.15) is 23.7 Å². The van der Waals surface area contributed by atoms with Gasteiger partial charge in [-0.3, -0.25) is 0 Å². The second-order valence-electron chi connectivity index (χ2n) is 15.1. The predicted octanol–water partition coefficient (Wildman–Crippen LogP) is 14.6. The van der Waals surface area contributed by atoms with E-state index in [0.717, 1.165) is 61.6 Å². The highest BCUT2D eigenvalue weighted by Crippen LogP contribution is 2.44. The zero-order valence-corrected chi connectivity index (χ0v) is 32.1. The van der Waals surface area contributed by atoms with Crippen molar-refractivity contribution in [2.75, 3.05) is 0 Å². The highest BCUT2D eigenvalue weighted by atomic mass is 32.1. The second kappa shape index (κ2) is 13.2. The van der Waals surface area contributed by atoms with Gasteiger partial charge in [0.05, 0.1) is 0 Å². The molecule has 0 bridgehead atoms. The van der Waals surface area contributed by atoms with Crippen LogP contribution in [-0.4, -0.2) is 15.0 Å². The molecule has 1 atom stereocenters. The number of thiophene rings is 1. The normalized spacial score (nSPS) is 14.3. The largest absolute Gasteiger partial charge is 0.455 e.